The summed E-state index contributed by atoms with van der Waals surface area (Å²) in [5.74, 6) is 0.579. The van der Waals surface area contributed by atoms with Crippen molar-refractivity contribution in [1.29, 1.82) is 0 Å². The van der Waals surface area contributed by atoms with E-state index in [0.29, 0.717) is 25.0 Å². The largest absolute Gasteiger partial charge is 0.388 e. The Morgan fingerprint density at radius 3 is 2.52 bits per heavy atom. The van der Waals surface area contributed by atoms with Crippen LogP contribution in [0.4, 0.5) is 0 Å². The highest BCUT2D eigenvalue weighted by Gasteiger charge is 2.29. The first-order valence-corrected chi connectivity index (χ1v) is 8.13. The van der Waals surface area contributed by atoms with Crippen molar-refractivity contribution in [1.82, 2.24) is 10.2 Å². The molecule has 1 aromatic rings. The van der Waals surface area contributed by atoms with Crippen LogP contribution >= 0.6 is 0 Å². The standard InChI is InChI=1S/C18H30N2O/c1-18(21,14-20(2)3)13-19-17-12-8-7-11-16(17)15-9-5-4-6-10-15/h4-6,9-10,16-17,19,21H,7-8,11-14H2,1-3H3. The Labute approximate surface area is 129 Å². The van der Waals surface area contributed by atoms with E-state index < -0.39 is 5.60 Å². The van der Waals surface area contributed by atoms with Crippen LogP contribution in [0.2, 0.25) is 0 Å². The van der Waals surface area contributed by atoms with Crippen molar-refractivity contribution in [2.75, 3.05) is 27.2 Å². The van der Waals surface area contributed by atoms with Crippen LogP contribution < -0.4 is 5.32 Å². The predicted octanol–water partition coefficient (Wildman–Crippen LogP) is 2.62. The van der Waals surface area contributed by atoms with Gasteiger partial charge in [0.25, 0.3) is 0 Å². The molecule has 0 heterocycles. The molecule has 0 saturated heterocycles. The first-order valence-electron chi connectivity index (χ1n) is 8.13. The zero-order chi connectivity index (χ0) is 15.3. The molecule has 3 nitrogen and oxygen atoms in total. The van der Waals surface area contributed by atoms with Crippen molar-refractivity contribution in [2.45, 2.75) is 50.2 Å². The molecular weight excluding hydrogens is 260 g/mol. The third-order valence-electron chi connectivity index (χ3n) is 4.40. The average molecular weight is 290 g/mol. The van der Waals surface area contributed by atoms with Crippen LogP contribution in [-0.2, 0) is 0 Å². The summed E-state index contributed by atoms with van der Waals surface area (Å²) in [6.45, 7) is 3.25. The van der Waals surface area contributed by atoms with Gasteiger partial charge in [-0.25, -0.2) is 0 Å². The van der Waals surface area contributed by atoms with Gasteiger partial charge in [-0.05, 0) is 45.3 Å². The molecule has 3 unspecified atom stereocenters. The summed E-state index contributed by atoms with van der Waals surface area (Å²) in [6, 6.07) is 11.3. The Kier molecular flexibility index (Phi) is 5.80. The van der Waals surface area contributed by atoms with Gasteiger partial charge in [0.05, 0.1) is 5.60 Å². The van der Waals surface area contributed by atoms with Gasteiger partial charge in [-0.3, -0.25) is 0 Å². The van der Waals surface area contributed by atoms with Gasteiger partial charge in [0.15, 0.2) is 0 Å². The van der Waals surface area contributed by atoms with E-state index in [1.807, 2.05) is 25.9 Å². The lowest BCUT2D eigenvalue weighted by molar-refractivity contribution is 0.0293. The molecule has 2 rings (SSSR count). The van der Waals surface area contributed by atoms with Crippen molar-refractivity contribution < 1.29 is 5.11 Å². The molecular formula is C18H30N2O. The van der Waals surface area contributed by atoms with Crippen LogP contribution in [0.3, 0.4) is 0 Å². The molecule has 2 N–H and O–H groups in total. The number of hydrogen-bond donors (Lipinski definition) is 2. The fourth-order valence-electron chi connectivity index (χ4n) is 3.56. The SMILES string of the molecule is CN(C)CC(C)(O)CNC1CCCCC1c1ccccc1. The van der Waals surface area contributed by atoms with Crippen molar-refractivity contribution in [3.8, 4) is 0 Å². The average Bonchev–Trinajstić information content (AvgIpc) is 2.45. The summed E-state index contributed by atoms with van der Waals surface area (Å²) < 4.78 is 0. The summed E-state index contributed by atoms with van der Waals surface area (Å²) in [5.41, 5.74) is 0.754. The van der Waals surface area contributed by atoms with Gasteiger partial charge in [0, 0.05) is 19.1 Å². The smallest absolute Gasteiger partial charge is 0.0869 e. The van der Waals surface area contributed by atoms with Crippen LogP contribution in [0.15, 0.2) is 30.3 Å². The second-order valence-electron chi connectivity index (χ2n) is 7.02. The minimum atomic E-state index is -0.678. The maximum Gasteiger partial charge on any atom is 0.0869 e. The van der Waals surface area contributed by atoms with E-state index in [0.717, 1.165) is 0 Å². The molecule has 0 aliphatic heterocycles. The van der Waals surface area contributed by atoms with Crippen LogP contribution in [0.5, 0.6) is 0 Å². The van der Waals surface area contributed by atoms with E-state index in [2.05, 4.69) is 35.6 Å². The van der Waals surface area contributed by atoms with Crippen LogP contribution in [-0.4, -0.2) is 48.8 Å². The molecule has 1 fully saturated rings. The molecule has 0 radical (unpaired) electrons. The first kappa shape index (κ1) is 16.5. The number of rotatable bonds is 6. The third-order valence-corrected chi connectivity index (χ3v) is 4.40. The van der Waals surface area contributed by atoms with E-state index in [9.17, 15) is 5.11 Å². The maximum absolute atomic E-state index is 10.5. The molecule has 1 aliphatic rings. The molecule has 3 atom stereocenters. The molecule has 21 heavy (non-hydrogen) atoms. The highest BCUT2D eigenvalue weighted by molar-refractivity contribution is 5.22. The van der Waals surface area contributed by atoms with Crippen LogP contribution in [0.1, 0.15) is 44.1 Å². The maximum atomic E-state index is 10.5. The molecule has 118 valence electrons. The molecule has 0 aromatic heterocycles. The number of nitrogens with one attached hydrogen (secondary N) is 1. The van der Waals surface area contributed by atoms with Gasteiger partial charge < -0.3 is 15.3 Å². The molecule has 0 spiro atoms. The fourth-order valence-corrected chi connectivity index (χ4v) is 3.56. The number of benzene rings is 1. The van der Waals surface area contributed by atoms with Gasteiger partial charge >= 0.3 is 0 Å². The normalized spacial score (nSPS) is 25.8. The quantitative estimate of drug-likeness (QED) is 0.845. The van der Waals surface area contributed by atoms with Crippen LogP contribution in [0.25, 0.3) is 0 Å². The number of aliphatic hydroxyl groups is 1. The fraction of sp³-hybridized carbons (Fsp3) is 0.667. The molecule has 0 amide bonds. The predicted molar refractivity (Wildman–Crippen MR) is 88.6 cm³/mol. The monoisotopic (exact) mass is 290 g/mol. The van der Waals surface area contributed by atoms with Gasteiger partial charge in [0.2, 0.25) is 0 Å². The Morgan fingerprint density at radius 1 is 1.19 bits per heavy atom. The van der Waals surface area contributed by atoms with Gasteiger partial charge in [-0.2, -0.15) is 0 Å². The molecule has 3 heteroatoms. The lowest BCUT2D eigenvalue weighted by Crippen LogP contribution is -2.50. The molecule has 1 aliphatic carbocycles. The Balaban J connectivity index is 1.96. The van der Waals surface area contributed by atoms with Crippen molar-refractivity contribution in [2.24, 2.45) is 0 Å². The Hall–Kier alpha value is -0.900. The lowest BCUT2D eigenvalue weighted by Gasteiger charge is -2.36. The van der Waals surface area contributed by atoms with Crippen molar-refractivity contribution in [3.63, 3.8) is 0 Å². The molecule has 1 aromatic carbocycles. The Bertz CT molecular complexity index is 416. The summed E-state index contributed by atoms with van der Waals surface area (Å²) >= 11 is 0. The zero-order valence-corrected chi connectivity index (χ0v) is 13.7. The number of hydrogen-bond acceptors (Lipinski definition) is 3. The highest BCUT2D eigenvalue weighted by atomic mass is 16.3. The van der Waals surface area contributed by atoms with E-state index in [1.54, 1.807) is 0 Å². The van der Waals surface area contributed by atoms with E-state index in [-0.39, 0.29) is 0 Å². The van der Waals surface area contributed by atoms with Crippen molar-refractivity contribution >= 4 is 0 Å². The lowest BCUT2D eigenvalue weighted by atomic mass is 9.80. The minimum absolute atomic E-state index is 0.481. The van der Waals surface area contributed by atoms with E-state index >= 15 is 0 Å². The van der Waals surface area contributed by atoms with E-state index in [1.165, 1.54) is 31.2 Å². The van der Waals surface area contributed by atoms with E-state index in [4.69, 9.17) is 0 Å². The second-order valence-corrected chi connectivity index (χ2v) is 7.02. The summed E-state index contributed by atoms with van der Waals surface area (Å²) in [7, 11) is 4.00. The van der Waals surface area contributed by atoms with Crippen molar-refractivity contribution in [3.05, 3.63) is 35.9 Å². The second kappa shape index (κ2) is 7.39. The first-order chi connectivity index (χ1) is 9.98. The Morgan fingerprint density at radius 2 is 1.86 bits per heavy atom. The molecule has 1 saturated carbocycles. The van der Waals surface area contributed by atoms with Gasteiger partial charge in [-0.15, -0.1) is 0 Å². The minimum Gasteiger partial charge on any atom is -0.388 e. The summed E-state index contributed by atoms with van der Waals surface area (Å²) in [6.07, 6.45) is 5.05. The number of likely N-dealkylation sites (N-methyl/N-ethyl adjacent to an activating group) is 1. The van der Waals surface area contributed by atoms with Gasteiger partial charge in [-0.1, -0.05) is 43.2 Å². The highest BCUT2D eigenvalue weighted by Crippen LogP contribution is 2.33. The summed E-state index contributed by atoms with van der Waals surface area (Å²) in [4.78, 5) is 2.04. The van der Waals surface area contributed by atoms with Crippen LogP contribution in [0, 0.1) is 0 Å². The zero-order valence-electron chi connectivity index (χ0n) is 13.7. The topological polar surface area (TPSA) is 35.5 Å². The summed E-state index contributed by atoms with van der Waals surface area (Å²) in [5, 5.41) is 14.1. The molecule has 0 bridgehead atoms. The number of nitrogens with zero attached hydrogens (tertiary/aromatic N) is 1. The third kappa shape index (κ3) is 5.10. The van der Waals surface area contributed by atoms with Gasteiger partial charge in [0.1, 0.15) is 0 Å².